The van der Waals surface area contributed by atoms with E-state index in [0.29, 0.717) is 32.7 Å². The molecule has 2 heterocycles. The molecule has 4 rings (SSSR count). The topological polar surface area (TPSA) is 64.8 Å². The fourth-order valence-corrected chi connectivity index (χ4v) is 3.50. The normalized spacial score (nSPS) is 19.6. The number of rotatable bonds is 3. The molecule has 2 N–H and O–H groups in total. The maximum absolute atomic E-state index is 12.0. The second-order valence-electron chi connectivity index (χ2n) is 6.24. The minimum atomic E-state index is -0.305. The lowest BCUT2D eigenvalue weighted by atomic mass is 9.93. The molecule has 0 unspecified atom stereocenters. The van der Waals surface area contributed by atoms with Crippen molar-refractivity contribution >= 4 is 5.91 Å². The van der Waals surface area contributed by atoms with E-state index in [2.05, 4.69) is 17.0 Å². The monoisotopic (exact) mass is 324 g/mol. The summed E-state index contributed by atoms with van der Waals surface area (Å²) >= 11 is 0. The zero-order valence-electron chi connectivity index (χ0n) is 13.4. The van der Waals surface area contributed by atoms with Crippen LogP contribution >= 0.6 is 0 Å². The van der Waals surface area contributed by atoms with Gasteiger partial charge in [0, 0.05) is 18.7 Å². The zero-order chi connectivity index (χ0) is 16.5. The van der Waals surface area contributed by atoms with Crippen LogP contribution in [0, 0.1) is 0 Å². The number of hydrogen-bond acceptors (Lipinski definition) is 4. The van der Waals surface area contributed by atoms with Crippen molar-refractivity contribution in [2.45, 2.75) is 25.6 Å². The van der Waals surface area contributed by atoms with Gasteiger partial charge in [0.2, 0.25) is 5.91 Å². The first-order valence-corrected chi connectivity index (χ1v) is 8.20. The maximum atomic E-state index is 12.0. The number of amides is 1. The van der Waals surface area contributed by atoms with Crippen LogP contribution in [0.1, 0.15) is 16.7 Å². The molecule has 0 aromatic heterocycles. The molecule has 2 aromatic carbocycles. The maximum Gasteiger partial charge on any atom is 0.235 e. The van der Waals surface area contributed by atoms with Gasteiger partial charge in [0.25, 0.3) is 0 Å². The molecule has 24 heavy (non-hydrogen) atoms. The number of benzene rings is 2. The molecule has 0 saturated carbocycles. The lowest BCUT2D eigenvalue weighted by Gasteiger charge is -2.35. The third-order valence-corrected chi connectivity index (χ3v) is 4.70. The summed E-state index contributed by atoms with van der Waals surface area (Å²) in [6.45, 7) is 2.42. The van der Waals surface area contributed by atoms with E-state index in [4.69, 9.17) is 15.2 Å². The van der Waals surface area contributed by atoms with Crippen molar-refractivity contribution in [3.05, 3.63) is 59.2 Å². The number of carbonyl (C=O) groups excluding carboxylic acids is 1. The Hall–Kier alpha value is -2.53. The van der Waals surface area contributed by atoms with Crippen molar-refractivity contribution in [1.29, 1.82) is 0 Å². The molecule has 0 spiro atoms. The molecule has 2 aliphatic heterocycles. The average molecular weight is 324 g/mol. The smallest absolute Gasteiger partial charge is 0.235 e. The molecule has 124 valence electrons. The van der Waals surface area contributed by atoms with Crippen LogP contribution in [0.2, 0.25) is 0 Å². The Morgan fingerprint density at radius 3 is 2.71 bits per heavy atom. The molecule has 0 fully saturated rings. The van der Waals surface area contributed by atoms with E-state index in [-0.39, 0.29) is 11.9 Å². The number of carbonyl (C=O) groups is 1. The van der Waals surface area contributed by atoms with Gasteiger partial charge in [-0.1, -0.05) is 36.4 Å². The second kappa shape index (κ2) is 6.17. The van der Waals surface area contributed by atoms with Crippen molar-refractivity contribution in [3.63, 3.8) is 0 Å². The van der Waals surface area contributed by atoms with Crippen molar-refractivity contribution in [2.24, 2.45) is 5.73 Å². The average Bonchev–Trinajstić information content (AvgIpc) is 2.61. The predicted molar refractivity (Wildman–Crippen MR) is 89.8 cm³/mol. The van der Waals surface area contributed by atoms with Crippen molar-refractivity contribution in [2.75, 3.05) is 13.2 Å². The zero-order valence-corrected chi connectivity index (χ0v) is 13.4. The Labute approximate surface area is 141 Å². The fraction of sp³-hybridized carbons (Fsp3) is 0.316. The molecule has 0 radical (unpaired) electrons. The number of nitrogens with two attached hydrogens (primary N) is 1. The fourth-order valence-electron chi connectivity index (χ4n) is 3.50. The highest BCUT2D eigenvalue weighted by Crippen LogP contribution is 2.35. The summed E-state index contributed by atoms with van der Waals surface area (Å²) < 4.78 is 11.4. The lowest BCUT2D eigenvalue weighted by Crippen LogP contribution is -2.48. The molecule has 0 bridgehead atoms. The van der Waals surface area contributed by atoms with E-state index in [1.807, 2.05) is 30.3 Å². The van der Waals surface area contributed by atoms with E-state index in [9.17, 15) is 4.79 Å². The summed E-state index contributed by atoms with van der Waals surface area (Å²) in [5, 5.41) is 0. The van der Waals surface area contributed by atoms with E-state index in [1.165, 1.54) is 11.1 Å². The van der Waals surface area contributed by atoms with Gasteiger partial charge in [-0.05, 0) is 23.6 Å². The van der Waals surface area contributed by atoms with Crippen molar-refractivity contribution in [3.8, 4) is 11.5 Å². The summed E-state index contributed by atoms with van der Waals surface area (Å²) in [5.74, 6) is 1.27. The van der Waals surface area contributed by atoms with Crippen molar-refractivity contribution < 1.29 is 14.3 Å². The van der Waals surface area contributed by atoms with Gasteiger partial charge in [-0.15, -0.1) is 0 Å². The Kier molecular flexibility index (Phi) is 3.86. The van der Waals surface area contributed by atoms with Gasteiger partial charge in [0.1, 0.15) is 13.2 Å². The second-order valence-corrected chi connectivity index (χ2v) is 6.24. The third kappa shape index (κ3) is 2.71. The molecule has 1 amide bonds. The molecule has 2 aromatic rings. The van der Waals surface area contributed by atoms with Gasteiger partial charge < -0.3 is 15.2 Å². The van der Waals surface area contributed by atoms with Crippen LogP contribution in [0.5, 0.6) is 11.5 Å². The van der Waals surface area contributed by atoms with Gasteiger partial charge in [0.05, 0.1) is 6.04 Å². The minimum absolute atomic E-state index is 0.286. The van der Waals surface area contributed by atoms with Gasteiger partial charge in [-0.3, -0.25) is 9.69 Å². The summed E-state index contributed by atoms with van der Waals surface area (Å²) in [5.41, 5.74) is 9.14. The summed E-state index contributed by atoms with van der Waals surface area (Å²) in [6.07, 6.45) is 0.651. The van der Waals surface area contributed by atoms with Crippen LogP contribution in [0.25, 0.3) is 0 Å². The van der Waals surface area contributed by atoms with Gasteiger partial charge >= 0.3 is 0 Å². The number of primary amides is 1. The molecular formula is C19H20N2O3. The Morgan fingerprint density at radius 2 is 1.88 bits per heavy atom. The van der Waals surface area contributed by atoms with Crippen LogP contribution in [0.3, 0.4) is 0 Å². The number of para-hydroxylation sites is 1. The van der Waals surface area contributed by atoms with Crippen LogP contribution in [0.15, 0.2) is 42.5 Å². The van der Waals surface area contributed by atoms with Crippen LogP contribution in [-0.4, -0.2) is 30.1 Å². The molecule has 0 aliphatic carbocycles. The number of fused-ring (bicyclic) bond motifs is 2. The van der Waals surface area contributed by atoms with Gasteiger partial charge in [-0.25, -0.2) is 0 Å². The Balaban J connectivity index is 1.65. The molecule has 5 heteroatoms. The highest BCUT2D eigenvalue weighted by atomic mass is 16.6. The summed E-state index contributed by atoms with van der Waals surface area (Å²) in [4.78, 5) is 14.1. The highest BCUT2D eigenvalue weighted by molar-refractivity contribution is 5.80. The molecular weight excluding hydrogens is 304 g/mol. The van der Waals surface area contributed by atoms with Gasteiger partial charge in [0.15, 0.2) is 11.5 Å². The van der Waals surface area contributed by atoms with Gasteiger partial charge in [-0.2, -0.15) is 0 Å². The van der Waals surface area contributed by atoms with E-state index in [0.717, 1.165) is 17.1 Å². The van der Waals surface area contributed by atoms with E-state index < -0.39 is 0 Å². The number of hydrogen-bond donors (Lipinski definition) is 1. The largest absolute Gasteiger partial charge is 0.486 e. The first-order chi connectivity index (χ1) is 11.7. The van der Waals surface area contributed by atoms with Crippen molar-refractivity contribution in [1.82, 2.24) is 4.90 Å². The molecule has 1 atom stereocenters. The highest BCUT2D eigenvalue weighted by Gasteiger charge is 2.31. The van der Waals surface area contributed by atoms with Crippen LogP contribution in [0.4, 0.5) is 0 Å². The first kappa shape index (κ1) is 15.0. The Bertz CT molecular complexity index is 775. The molecule has 2 aliphatic rings. The number of nitrogens with zero attached hydrogens (tertiary/aromatic N) is 1. The molecule has 5 nitrogen and oxygen atoms in total. The minimum Gasteiger partial charge on any atom is -0.486 e. The molecule has 0 saturated heterocycles. The van der Waals surface area contributed by atoms with Crippen LogP contribution in [-0.2, 0) is 24.3 Å². The quantitative estimate of drug-likeness (QED) is 0.936. The van der Waals surface area contributed by atoms with Crippen LogP contribution < -0.4 is 15.2 Å². The number of ether oxygens (including phenoxy) is 2. The lowest BCUT2D eigenvalue weighted by molar-refractivity contribution is -0.124. The standard InChI is InChI=1S/C19H20N2O3/c20-19(22)16-10-13-4-1-2-5-14(13)11-21(16)12-15-6-3-7-17-18(15)24-9-8-23-17/h1-7,16H,8-12H2,(H2,20,22)/t16-/m0/s1. The Morgan fingerprint density at radius 1 is 1.08 bits per heavy atom. The SMILES string of the molecule is NC(=O)[C@@H]1Cc2ccccc2CN1Cc1cccc2c1OCCO2. The first-order valence-electron chi connectivity index (χ1n) is 8.20. The van der Waals surface area contributed by atoms with E-state index >= 15 is 0 Å². The summed E-state index contributed by atoms with van der Waals surface area (Å²) in [7, 11) is 0. The van der Waals surface area contributed by atoms with E-state index in [1.54, 1.807) is 0 Å². The third-order valence-electron chi connectivity index (χ3n) is 4.70. The predicted octanol–water partition coefficient (Wildman–Crippen LogP) is 1.87. The summed E-state index contributed by atoms with van der Waals surface area (Å²) in [6, 6.07) is 13.8.